The van der Waals surface area contributed by atoms with E-state index in [4.69, 9.17) is 8.83 Å². The molecule has 134 valence electrons. The summed E-state index contributed by atoms with van der Waals surface area (Å²) in [4.78, 5) is 40.0. The first-order chi connectivity index (χ1) is 13.1. The molecular weight excluding hydrogens is 344 g/mol. The van der Waals surface area contributed by atoms with Gasteiger partial charge in [0.05, 0.1) is 12.5 Å². The average Bonchev–Trinajstić information content (AvgIpc) is 3.42. The number of ketones is 3. The van der Waals surface area contributed by atoms with E-state index in [0.29, 0.717) is 22.6 Å². The summed E-state index contributed by atoms with van der Waals surface area (Å²) in [5.74, 6) is -0.868. The van der Waals surface area contributed by atoms with Gasteiger partial charge in [-0.1, -0.05) is 24.3 Å². The van der Waals surface area contributed by atoms with Gasteiger partial charge in [0.25, 0.3) is 0 Å². The Bertz CT molecular complexity index is 959. The van der Waals surface area contributed by atoms with Crippen LogP contribution in [0.4, 0.5) is 0 Å². The first kappa shape index (κ1) is 16.0. The van der Waals surface area contributed by atoms with Crippen LogP contribution >= 0.6 is 0 Å². The predicted octanol–water partition coefficient (Wildman–Crippen LogP) is 4.17. The molecule has 2 aromatic heterocycles. The smallest absolute Gasteiger partial charge is 0.179 e. The summed E-state index contributed by atoms with van der Waals surface area (Å²) >= 11 is 0. The van der Waals surface area contributed by atoms with Gasteiger partial charge in [-0.2, -0.15) is 0 Å². The topological polar surface area (TPSA) is 77.5 Å². The molecule has 27 heavy (non-hydrogen) atoms. The molecule has 5 nitrogen and oxygen atoms in total. The lowest BCUT2D eigenvalue weighted by molar-refractivity contribution is -0.123. The molecule has 0 aliphatic heterocycles. The highest BCUT2D eigenvalue weighted by Crippen LogP contribution is 2.60. The van der Waals surface area contributed by atoms with E-state index >= 15 is 0 Å². The van der Waals surface area contributed by atoms with Crippen LogP contribution in [0.1, 0.15) is 56.9 Å². The predicted molar refractivity (Wildman–Crippen MR) is 94.7 cm³/mol. The highest BCUT2D eigenvalue weighted by molar-refractivity contribution is 6.31. The van der Waals surface area contributed by atoms with Gasteiger partial charge in [-0.3, -0.25) is 14.4 Å². The monoisotopic (exact) mass is 360 g/mol. The van der Waals surface area contributed by atoms with Gasteiger partial charge in [-0.15, -0.1) is 0 Å². The molecule has 1 saturated carbocycles. The summed E-state index contributed by atoms with van der Waals surface area (Å²) in [6, 6.07) is 13.7. The van der Waals surface area contributed by atoms with Crippen LogP contribution in [-0.4, -0.2) is 17.3 Å². The fraction of sp³-hybridized carbons (Fsp3) is 0.227. The van der Waals surface area contributed by atoms with Gasteiger partial charge < -0.3 is 8.83 Å². The van der Waals surface area contributed by atoms with Crippen molar-refractivity contribution in [1.29, 1.82) is 0 Å². The molecule has 0 saturated heterocycles. The molecule has 2 aliphatic rings. The van der Waals surface area contributed by atoms with Crippen molar-refractivity contribution in [2.45, 2.75) is 24.7 Å². The Balaban J connectivity index is 1.79. The number of carbonyl (C=O) groups excluding carboxylic acids is 3. The van der Waals surface area contributed by atoms with E-state index in [1.165, 1.54) is 12.5 Å². The van der Waals surface area contributed by atoms with Crippen molar-refractivity contribution in [1.82, 2.24) is 0 Å². The Morgan fingerprint density at radius 3 is 1.59 bits per heavy atom. The SMILES string of the molecule is O=C1C[C@H](c2ccco2)C2(C(=O)c3ccccc3C2=O)[C@H](c2ccco2)C1. The third kappa shape index (κ3) is 2.02. The Morgan fingerprint density at radius 1 is 0.704 bits per heavy atom. The fourth-order valence-electron chi connectivity index (χ4n) is 4.79. The maximum Gasteiger partial charge on any atom is 0.179 e. The molecule has 1 spiro atoms. The molecule has 0 radical (unpaired) electrons. The molecule has 2 heterocycles. The van der Waals surface area contributed by atoms with E-state index in [0.717, 1.165) is 0 Å². The first-order valence-electron chi connectivity index (χ1n) is 8.91. The van der Waals surface area contributed by atoms with Gasteiger partial charge >= 0.3 is 0 Å². The third-order valence-electron chi connectivity index (χ3n) is 5.90. The van der Waals surface area contributed by atoms with Crippen molar-refractivity contribution < 1.29 is 23.2 Å². The van der Waals surface area contributed by atoms with Gasteiger partial charge in [0.15, 0.2) is 11.6 Å². The lowest BCUT2D eigenvalue weighted by Crippen LogP contribution is -2.49. The fourth-order valence-corrected chi connectivity index (χ4v) is 4.79. The summed E-state index contributed by atoms with van der Waals surface area (Å²) < 4.78 is 11.2. The third-order valence-corrected chi connectivity index (χ3v) is 5.90. The standard InChI is InChI=1S/C22H16O5/c23-13-11-16(18-7-3-9-26-18)22(17(12-13)19-8-4-10-27-19)20(24)14-5-1-2-6-15(14)21(22)25/h1-10,16-17H,11-12H2/t16-,17+. The molecule has 5 rings (SSSR count). The molecule has 1 aromatic carbocycles. The number of benzene rings is 1. The lowest BCUT2D eigenvalue weighted by Gasteiger charge is -2.42. The molecule has 0 unspecified atom stereocenters. The first-order valence-corrected chi connectivity index (χ1v) is 8.91. The summed E-state index contributed by atoms with van der Waals surface area (Å²) in [5, 5.41) is 0. The van der Waals surface area contributed by atoms with Crippen molar-refractivity contribution in [2.75, 3.05) is 0 Å². The molecule has 2 atom stereocenters. The molecule has 0 N–H and O–H groups in total. The molecule has 1 fully saturated rings. The van der Waals surface area contributed by atoms with Gasteiger partial charge in [0, 0.05) is 35.8 Å². The number of carbonyl (C=O) groups is 3. The van der Waals surface area contributed by atoms with Crippen molar-refractivity contribution in [3.8, 4) is 0 Å². The van der Waals surface area contributed by atoms with Gasteiger partial charge in [-0.25, -0.2) is 0 Å². The highest BCUT2D eigenvalue weighted by atomic mass is 16.3. The minimum Gasteiger partial charge on any atom is -0.469 e. The lowest BCUT2D eigenvalue weighted by atomic mass is 9.55. The minimum absolute atomic E-state index is 0.0139. The van der Waals surface area contributed by atoms with Crippen LogP contribution in [0.25, 0.3) is 0 Å². The number of hydrogen-bond donors (Lipinski definition) is 0. The van der Waals surface area contributed by atoms with E-state index in [-0.39, 0.29) is 30.2 Å². The highest BCUT2D eigenvalue weighted by Gasteiger charge is 2.66. The summed E-state index contributed by atoms with van der Waals surface area (Å²) in [7, 11) is 0. The average molecular weight is 360 g/mol. The zero-order valence-electron chi connectivity index (χ0n) is 14.4. The summed E-state index contributed by atoms with van der Waals surface area (Å²) in [5.41, 5.74) is -0.609. The largest absolute Gasteiger partial charge is 0.469 e. The Morgan fingerprint density at radius 2 is 1.19 bits per heavy atom. The van der Waals surface area contributed by atoms with Crippen LogP contribution < -0.4 is 0 Å². The van der Waals surface area contributed by atoms with E-state index in [1.54, 1.807) is 48.5 Å². The van der Waals surface area contributed by atoms with E-state index in [2.05, 4.69) is 0 Å². The molecular formula is C22H16O5. The van der Waals surface area contributed by atoms with E-state index in [9.17, 15) is 14.4 Å². The van der Waals surface area contributed by atoms with Crippen molar-refractivity contribution in [2.24, 2.45) is 5.41 Å². The molecule has 0 amide bonds. The normalized spacial score (nSPS) is 23.8. The second-order valence-corrected chi connectivity index (χ2v) is 7.16. The van der Waals surface area contributed by atoms with Crippen LogP contribution in [-0.2, 0) is 4.79 Å². The molecule has 2 aliphatic carbocycles. The van der Waals surface area contributed by atoms with Crippen LogP contribution in [0.3, 0.4) is 0 Å². The van der Waals surface area contributed by atoms with Crippen LogP contribution in [0, 0.1) is 5.41 Å². The Labute approximate surface area is 155 Å². The minimum atomic E-state index is -1.42. The maximum absolute atomic E-state index is 13.7. The molecule has 5 heteroatoms. The van der Waals surface area contributed by atoms with Crippen LogP contribution in [0.15, 0.2) is 69.9 Å². The van der Waals surface area contributed by atoms with Gasteiger partial charge in [0.1, 0.15) is 22.7 Å². The van der Waals surface area contributed by atoms with Crippen molar-refractivity contribution in [3.63, 3.8) is 0 Å². The zero-order chi connectivity index (χ0) is 18.6. The van der Waals surface area contributed by atoms with Gasteiger partial charge in [-0.05, 0) is 24.3 Å². The Hall–Kier alpha value is -3.21. The number of rotatable bonds is 2. The molecule has 0 bridgehead atoms. The summed E-state index contributed by atoms with van der Waals surface area (Å²) in [6.45, 7) is 0. The number of fused-ring (bicyclic) bond motifs is 1. The maximum atomic E-state index is 13.7. The summed E-state index contributed by atoms with van der Waals surface area (Å²) in [6.07, 6.45) is 3.19. The second-order valence-electron chi connectivity index (χ2n) is 7.16. The van der Waals surface area contributed by atoms with Crippen LogP contribution in [0.5, 0.6) is 0 Å². The Kier molecular flexibility index (Phi) is 3.34. The quantitative estimate of drug-likeness (QED) is 0.641. The van der Waals surface area contributed by atoms with Crippen LogP contribution in [0.2, 0.25) is 0 Å². The van der Waals surface area contributed by atoms with Gasteiger partial charge in [0.2, 0.25) is 0 Å². The van der Waals surface area contributed by atoms with E-state index < -0.39 is 17.3 Å². The van der Waals surface area contributed by atoms with Crippen molar-refractivity contribution in [3.05, 3.63) is 83.7 Å². The second kappa shape index (κ2) is 5.64. The van der Waals surface area contributed by atoms with E-state index in [1.807, 2.05) is 0 Å². The number of Topliss-reactive ketones (excluding diaryl/α,β-unsaturated/α-hetero) is 3. The number of hydrogen-bond acceptors (Lipinski definition) is 5. The number of furan rings is 2. The zero-order valence-corrected chi connectivity index (χ0v) is 14.4. The van der Waals surface area contributed by atoms with Crippen molar-refractivity contribution >= 4 is 17.3 Å². The molecule has 3 aromatic rings.